The number of nitrogens with zero attached hydrogens (tertiary/aromatic N) is 1. The van der Waals surface area contributed by atoms with Crippen LogP contribution in [0.1, 0.15) is 39.5 Å². The van der Waals surface area contributed by atoms with Gasteiger partial charge in [-0.2, -0.15) is 0 Å². The summed E-state index contributed by atoms with van der Waals surface area (Å²) in [4.78, 5) is 2.49. The van der Waals surface area contributed by atoms with Crippen LogP contribution in [0.2, 0.25) is 0 Å². The molecule has 1 aliphatic carbocycles. The summed E-state index contributed by atoms with van der Waals surface area (Å²) in [7, 11) is 0. The molecule has 0 aromatic carbocycles. The number of hydrogen-bond donors (Lipinski definition) is 0. The summed E-state index contributed by atoms with van der Waals surface area (Å²) in [5, 5.41) is 0. The van der Waals surface area contributed by atoms with Crippen LogP contribution >= 0.6 is 0 Å². The molecule has 1 atom stereocenters. The summed E-state index contributed by atoms with van der Waals surface area (Å²) in [6, 6.07) is 0.633. The first-order valence-electron chi connectivity index (χ1n) is 7.19. The van der Waals surface area contributed by atoms with E-state index < -0.39 is 0 Å². The molecular formula is C14H27NO2. The van der Waals surface area contributed by atoms with E-state index in [0.29, 0.717) is 12.1 Å². The highest BCUT2D eigenvalue weighted by atomic mass is 16.5. The second kappa shape index (κ2) is 6.72. The molecule has 2 fully saturated rings. The van der Waals surface area contributed by atoms with Crippen molar-refractivity contribution in [1.29, 1.82) is 0 Å². The highest BCUT2D eigenvalue weighted by Crippen LogP contribution is 2.26. The van der Waals surface area contributed by atoms with Crippen LogP contribution in [0.25, 0.3) is 0 Å². The van der Waals surface area contributed by atoms with Crippen molar-refractivity contribution in [3.63, 3.8) is 0 Å². The Hall–Kier alpha value is -0.120. The third-order valence-electron chi connectivity index (χ3n) is 4.08. The molecule has 1 saturated heterocycles. The van der Waals surface area contributed by atoms with E-state index >= 15 is 0 Å². The van der Waals surface area contributed by atoms with E-state index in [1.54, 1.807) is 0 Å². The average Bonchev–Trinajstić information content (AvgIpc) is 2.47. The zero-order valence-corrected chi connectivity index (χ0v) is 11.4. The molecule has 1 saturated carbocycles. The summed E-state index contributed by atoms with van der Waals surface area (Å²) in [5.41, 5.74) is 0. The molecule has 2 rings (SSSR count). The second-order valence-corrected chi connectivity index (χ2v) is 5.75. The molecular weight excluding hydrogens is 214 g/mol. The van der Waals surface area contributed by atoms with Gasteiger partial charge in [-0.25, -0.2) is 0 Å². The van der Waals surface area contributed by atoms with Crippen molar-refractivity contribution >= 4 is 0 Å². The minimum atomic E-state index is 0.318. The van der Waals surface area contributed by atoms with Gasteiger partial charge in [-0.3, -0.25) is 4.90 Å². The minimum Gasteiger partial charge on any atom is -0.378 e. The minimum absolute atomic E-state index is 0.318. The first-order valence-corrected chi connectivity index (χ1v) is 7.19. The van der Waals surface area contributed by atoms with E-state index in [1.807, 2.05) is 0 Å². The Balaban J connectivity index is 1.60. The van der Waals surface area contributed by atoms with Crippen LogP contribution < -0.4 is 0 Å². The Morgan fingerprint density at radius 3 is 2.65 bits per heavy atom. The Bertz CT molecular complexity index is 216. The molecule has 2 aliphatic rings. The quantitative estimate of drug-likeness (QED) is 0.737. The predicted octanol–water partition coefficient (Wildman–Crippen LogP) is 2.30. The van der Waals surface area contributed by atoms with Gasteiger partial charge in [0.1, 0.15) is 0 Å². The van der Waals surface area contributed by atoms with Gasteiger partial charge in [0, 0.05) is 25.7 Å². The summed E-state index contributed by atoms with van der Waals surface area (Å²) < 4.78 is 11.6. The topological polar surface area (TPSA) is 21.7 Å². The van der Waals surface area contributed by atoms with Gasteiger partial charge in [0.2, 0.25) is 0 Å². The Kier molecular flexibility index (Phi) is 5.26. The number of ether oxygens (including phenoxy) is 2. The fourth-order valence-corrected chi connectivity index (χ4v) is 2.52. The average molecular weight is 241 g/mol. The molecule has 3 nitrogen and oxygen atoms in total. The van der Waals surface area contributed by atoms with Crippen LogP contribution in [0, 0.1) is 5.92 Å². The monoisotopic (exact) mass is 241 g/mol. The third-order valence-corrected chi connectivity index (χ3v) is 4.08. The molecule has 0 spiro atoms. The molecule has 0 bridgehead atoms. The Labute approximate surface area is 105 Å². The summed E-state index contributed by atoms with van der Waals surface area (Å²) in [6.45, 7) is 9.33. The standard InChI is InChI=1S/C14H27NO2/c1-12(2)15-7-6-14(17-9-8-15)11-16-10-13-4-3-5-13/h12-14H,3-11H2,1-2H3. The van der Waals surface area contributed by atoms with Gasteiger partial charge in [-0.15, -0.1) is 0 Å². The van der Waals surface area contributed by atoms with E-state index in [1.165, 1.54) is 19.3 Å². The van der Waals surface area contributed by atoms with E-state index in [0.717, 1.165) is 45.2 Å². The molecule has 1 aliphatic heterocycles. The van der Waals surface area contributed by atoms with Crippen molar-refractivity contribution in [3.8, 4) is 0 Å². The number of hydrogen-bond acceptors (Lipinski definition) is 3. The molecule has 0 N–H and O–H groups in total. The van der Waals surface area contributed by atoms with Crippen molar-refractivity contribution in [1.82, 2.24) is 4.90 Å². The van der Waals surface area contributed by atoms with Crippen molar-refractivity contribution in [2.24, 2.45) is 5.92 Å². The van der Waals surface area contributed by atoms with Crippen molar-refractivity contribution in [2.75, 3.05) is 32.9 Å². The fraction of sp³-hybridized carbons (Fsp3) is 1.00. The summed E-state index contributed by atoms with van der Waals surface area (Å²) >= 11 is 0. The molecule has 100 valence electrons. The van der Waals surface area contributed by atoms with Crippen LogP contribution in [0.3, 0.4) is 0 Å². The van der Waals surface area contributed by atoms with Gasteiger partial charge >= 0.3 is 0 Å². The van der Waals surface area contributed by atoms with Gasteiger partial charge < -0.3 is 9.47 Å². The van der Waals surface area contributed by atoms with Crippen LogP contribution in [0.5, 0.6) is 0 Å². The molecule has 0 aromatic heterocycles. The predicted molar refractivity (Wildman–Crippen MR) is 69.2 cm³/mol. The largest absolute Gasteiger partial charge is 0.378 e. The molecule has 1 heterocycles. The van der Waals surface area contributed by atoms with Gasteiger partial charge in [-0.1, -0.05) is 6.42 Å². The van der Waals surface area contributed by atoms with Gasteiger partial charge in [-0.05, 0) is 39.0 Å². The molecule has 3 heteroatoms. The van der Waals surface area contributed by atoms with E-state index in [9.17, 15) is 0 Å². The first-order chi connectivity index (χ1) is 8.25. The summed E-state index contributed by atoms with van der Waals surface area (Å²) in [6.07, 6.45) is 5.57. The van der Waals surface area contributed by atoms with Gasteiger partial charge in [0.15, 0.2) is 0 Å². The SMILES string of the molecule is CC(C)N1CCOC(COCC2CCC2)CC1. The Morgan fingerprint density at radius 2 is 2.00 bits per heavy atom. The maximum absolute atomic E-state index is 5.85. The van der Waals surface area contributed by atoms with Gasteiger partial charge in [0.25, 0.3) is 0 Å². The van der Waals surface area contributed by atoms with E-state index in [4.69, 9.17) is 9.47 Å². The molecule has 0 aromatic rings. The van der Waals surface area contributed by atoms with Crippen LogP contribution in [-0.4, -0.2) is 50.0 Å². The zero-order valence-electron chi connectivity index (χ0n) is 11.4. The maximum atomic E-state index is 5.85. The van der Waals surface area contributed by atoms with Crippen molar-refractivity contribution < 1.29 is 9.47 Å². The van der Waals surface area contributed by atoms with Crippen LogP contribution in [0.15, 0.2) is 0 Å². The van der Waals surface area contributed by atoms with Gasteiger partial charge in [0.05, 0.1) is 19.3 Å². The maximum Gasteiger partial charge on any atom is 0.0821 e. The zero-order chi connectivity index (χ0) is 12.1. The van der Waals surface area contributed by atoms with E-state index in [-0.39, 0.29) is 0 Å². The Morgan fingerprint density at radius 1 is 1.18 bits per heavy atom. The lowest BCUT2D eigenvalue weighted by molar-refractivity contribution is -0.0265. The van der Waals surface area contributed by atoms with Crippen molar-refractivity contribution in [3.05, 3.63) is 0 Å². The van der Waals surface area contributed by atoms with Crippen LogP contribution in [-0.2, 0) is 9.47 Å². The molecule has 0 radical (unpaired) electrons. The highest BCUT2D eigenvalue weighted by molar-refractivity contribution is 4.72. The molecule has 17 heavy (non-hydrogen) atoms. The lowest BCUT2D eigenvalue weighted by atomic mass is 9.86. The highest BCUT2D eigenvalue weighted by Gasteiger charge is 2.21. The van der Waals surface area contributed by atoms with Crippen LogP contribution in [0.4, 0.5) is 0 Å². The third kappa shape index (κ3) is 4.23. The lowest BCUT2D eigenvalue weighted by Gasteiger charge is -2.26. The molecule has 0 amide bonds. The summed E-state index contributed by atoms with van der Waals surface area (Å²) in [5.74, 6) is 0.841. The second-order valence-electron chi connectivity index (χ2n) is 5.75. The fourth-order valence-electron chi connectivity index (χ4n) is 2.52. The number of rotatable bonds is 5. The first kappa shape index (κ1) is 13.3. The molecule has 1 unspecified atom stereocenters. The van der Waals surface area contributed by atoms with E-state index in [2.05, 4.69) is 18.7 Å². The lowest BCUT2D eigenvalue weighted by Crippen LogP contribution is -2.33. The smallest absolute Gasteiger partial charge is 0.0821 e. The van der Waals surface area contributed by atoms with Crippen molar-refractivity contribution in [2.45, 2.75) is 51.7 Å². The normalized spacial score (nSPS) is 28.1.